The number of amides is 1. The molecule has 4 heteroatoms. The third-order valence-electron chi connectivity index (χ3n) is 2.53. The van der Waals surface area contributed by atoms with Crippen molar-refractivity contribution < 1.29 is 14.3 Å². The molecule has 1 fully saturated rings. The van der Waals surface area contributed by atoms with Crippen LogP contribution in [-0.2, 0) is 9.53 Å². The second kappa shape index (κ2) is 8.09. The second-order valence-corrected chi connectivity index (χ2v) is 5.25. The van der Waals surface area contributed by atoms with Gasteiger partial charge in [-0.05, 0) is 26.7 Å². The Balaban J connectivity index is 0.000000354. The van der Waals surface area contributed by atoms with E-state index in [1.165, 1.54) is 25.7 Å². The molecule has 0 saturated heterocycles. The Morgan fingerprint density at radius 2 is 2.00 bits per heavy atom. The summed E-state index contributed by atoms with van der Waals surface area (Å²) in [6.45, 7) is 7.55. The minimum absolute atomic E-state index is 0.00505. The summed E-state index contributed by atoms with van der Waals surface area (Å²) in [6.07, 6.45) is 5.97. The number of alkyl carbamates (subject to hydrolysis) is 1. The number of aldehydes is 1. The summed E-state index contributed by atoms with van der Waals surface area (Å²) in [6, 6.07) is 0. The normalized spacial score (nSPS) is 15.1. The first-order valence-electron chi connectivity index (χ1n) is 6.29. The van der Waals surface area contributed by atoms with Crippen molar-refractivity contribution in [2.24, 2.45) is 5.92 Å². The molecule has 0 spiro atoms. The maximum atomic E-state index is 10.7. The van der Waals surface area contributed by atoms with Crippen molar-refractivity contribution >= 4 is 12.4 Å². The molecule has 17 heavy (non-hydrogen) atoms. The van der Waals surface area contributed by atoms with Crippen molar-refractivity contribution in [3.63, 3.8) is 0 Å². The Kier molecular flexibility index (Phi) is 7.59. The molecule has 4 nitrogen and oxygen atoms in total. The van der Waals surface area contributed by atoms with E-state index in [4.69, 9.17) is 4.74 Å². The highest BCUT2D eigenvalue weighted by molar-refractivity contribution is 5.71. The van der Waals surface area contributed by atoms with Gasteiger partial charge in [0.2, 0.25) is 0 Å². The molecule has 100 valence electrons. The number of ether oxygens (including phenoxy) is 1. The monoisotopic (exact) mass is 243 g/mol. The van der Waals surface area contributed by atoms with E-state index < -0.39 is 11.7 Å². The van der Waals surface area contributed by atoms with Crippen LogP contribution in [0.25, 0.3) is 0 Å². The second-order valence-electron chi connectivity index (χ2n) is 5.25. The third kappa shape index (κ3) is 9.85. The molecular weight excluding hydrogens is 218 g/mol. The molecule has 1 rings (SSSR count). The topological polar surface area (TPSA) is 55.4 Å². The lowest BCUT2D eigenvalue weighted by Gasteiger charge is -2.22. The third-order valence-corrected chi connectivity index (χ3v) is 2.53. The number of hydrogen-bond donors (Lipinski definition) is 1. The Morgan fingerprint density at radius 1 is 1.41 bits per heavy atom. The van der Waals surface area contributed by atoms with Crippen LogP contribution in [0, 0.1) is 5.92 Å². The van der Waals surface area contributed by atoms with E-state index >= 15 is 0 Å². The summed E-state index contributed by atoms with van der Waals surface area (Å²) in [4.78, 5) is 20.5. The Labute approximate surface area is 104 Å². The van der Waals surface area contributed by atoms with Crippen LogP contribution in [0.2, 0.25) is 0 Å². The molecule has 1 aliphatic rings. The number of carbonyl (C=O) groups excluding carboxylic acids is 2. The minimum Gasteiger partial charge on any atom is -0.444 e. The molecule has 0 aromatic carbocycles. The van der Waals surface area contributed by atoms with Gasteiger partial charge >= 0.3 is 6.09 Å². The van der Waals surface area contributed by atoms with E-state index in [2.05, 4.69) is 12.2 Å². The fraction of sp³-hybridized carbons (Fsp3) is 0.846. The van der Waals surface area contributed by atoms with E-state index in [9.17, 15) is 9.59 Å². The van der Waals surface area contributed by atoms with Crippen LogP contribution >= 0.6 is 0 Å². The van der Waals surface area contributed by atoms with E-state index in [1.54, 1.807) is 20.8 Å². The molecule has 0 aromatic rings. The lowest BCUT2D eigenvalue weighted by atomic mass is 9.84. The molecule has 1 amide bonds. The number of nitrogens with one attached hydrogen (secondary N) is 1. The van der Waals surface area contributed by atoms with Crippen LogP contribution in [0.3, 0.4) is 0 Å². The van der Waals surface area contributed by atoms with Gasteiger partial charge in [0.15, 0.2) is 0 Å². The number of rotatable bonds is 3. The Hall–Kier alpha value is -1.06. The molecule has 0 atom stereocenters. The van der Waals surface area contributed by atoms with Crippen LogP contribution in [0.1, 0.15) is 53.4 Å². The molecule has 0 unspecified atom stereocenters. The summed E-state index contributed by atoms with van der Waals surface area (Å²) in [7, 11) is 0. The molecule has 0 aromatic heterocycles. The highest BCUT2D eigenvalue weighted by Gasteiger charge is 2.15. The van der Waals surface area contributed by atoms with Gasteiger partial charge in [0, 0.05) is 0 Å². The van der Waals surface area contributed by atoms with Crippen molar-refractivity contribution in [1.82, 2.24) is 5.32 Å². The first-order valence-corrected chi connectivity index (χ1v) is 6.29. The average molecular weight is 243 g/mol. The van der Waals surface area contributed by atoms with Gasteiger partial charge in [0.05, 0.1) is 6.54 Å². The van der Waals surface area contributed by atoms with Crippen molar-refractivity contribution in [3.8, 4) is 0 Å². The molecular formula is C13H25NO3. The maximum absolute atomic E-state index is 10.7. The van der Waals surface area contributed by atoms with E-state index in [1.807, 2.05) is 0 Å². The quantitative estimate of drug-likeness (QED) is 0.775. The first-order chi connectivity index (χ1) is 7.89. The lowest BCUT2D eigenvalue weighted by molar-refractivity contribution is -0.107. The molecule has 1 saturated carbocycles. The molecule has 1 N–H and O–H groups in total. The van der Waals surface area contributed by atoms with E-state index in [0.717, 1.165) is 5.92 Å². The van der Waals surface area contributed by atoms with Gasteiger partial charge in [0.1, 0.15) is 11.9 Å². The van der Waals surface area contributed by atoms with Crippen LogP contribution < -0.4 is 5.32 Å². The summed E-state index contributed by atoms with van der Waals surface area (Å²) < 4.78 is 4.83. The Bertz CT molecular complexity index is 227. The van der Waals surface area contributed by atoms with Gasteiger partial charge in [-0.3, -0.25) is 0 Å². The molecule has 0 aliphatic heterocycles. The average Bonchev–Trinajstić information content (AvgIpc) is 2.11. The zero-order valence-electron chi connectivity index (χ0n) is 11.4. The largest absolute Gasteiger partial charge is 0.444 e. The minimum atomic E-state index is -0.565. The highest BCUT2D eigenvalue weighted by Crippen LogP contribution is 2.28. The van der Waals surface area contributed by atoms with Crippen molar-refractivity contribution in [1.29, 1.82) is 0 Å². The summed E-state index contributed by atoms with van der Waals surface area (Å²) in [5.41, 5.74) is -0.507. The van der Waals surface area contributed by atoms with Gasteiger partial charge in [-0.1, -0.05) is 32.6 Å². The van der Waals surface area contributed by atoms with Gasteiger partial charge in [0.25, 0.3) is 0 Å². The van der Waals surface area contributed by atoms with E-state index in [-0.39, 0.29) is 6.54 Å². The predicted octanol–water partition coefficient (Wildman–Crippen LogP) is 2.91. The van der Waals surface area contributed by atoms with Crippen LogP contribution in [0.4, 0.5) is 4.79 Å². The van der Waals surface area contributed by atoms with Crippen molar-refractivity contribution in [3.05, 3.63) is 0 Å². The van der Waals surface area contributed by atoms with E-state index in [0.29, 0.717) is 6.29 Å². The fourth-order valence-electron chi connectivity index (χ4n) is 1.34. The molecule has 0 bridgehead atoms. The van der Waals surface area contributed by atoms with Crippen molar-refractivity contribution in [2.45, 2.75) is 59.0 Å². The maximum Gasteiger partial charge on any atom is 0.408 e. The van der Waals surface area contributed by atoms with Gasteiger partial charge in [-0.15, -0.1) is 0 Å². The van der Waals surface area contributed by atoms with Gasteiger partial charge in [-0.25, -0.2) is 4.79 Å². The van der Waals surface area contributed by atoms with Gasteiger partial charge in [-0.2, -0.15) is 0 Å². The zero-order valence-corrected chi connectivity index (χ0v) is 11.4. The molecule has 0 radical (unpaired) electrons. The Morgan fingerprint density at radius 3 is 2.24 bits per heavy atom. The standard InChI is InChI=1S/C7H13NO3.C6H12/c1-7(2,3)11-6(10)8-4-5-9;1-2-6-4-3-5-6/h5H,4H2,1-3H3,(H,8,10);6H,2-5H2,1H3. The summed E-state index contributed by atoms with van der Waals surface area (Å²) in [5.74, 6) is 1.12. The number of carbonyl (C=O) groups is 2. The SMILES string of the molecule is CC(C)(C)OC(=O)NCC=O.CCC1CCC1. The van der Waals surface area contributed by atoms with Crippen molar-refractivity contribution in [2.75, 3.05) is 6.54 Å². The van der Waals surface area contributed by atoms with Crippen LogP contribution in [-0.4, -0.2) is 24.5 Å². The molecule has 0 heterocycles. The lowest BCUT2D eigenvalue weighted by Crippen LogP contribution is -2.33. The fourth-order valence-corrected chi connectivity index (χ4v) is 1.34. The molecule has 1 aliphatic carbocycles. The first kappa shape index (κ1) is 15.9. The highest BCUT2D eigenvalue weighted by atomic mass is 16.6. The van der Waals surface area contributed by atoms with Gasteiger partial charge < -0.3 is 14.8 Å². The zero-order chi connectivity index (χ0) is 13.3. The summed E-state index contributed by atoms with van der Waals surface area (Å²) in [5, 5.41) is 2.26. The number of hydrogen-bond acceptors (Lipinski definition) is 3. The predicted molar refractivity (Wildman–Crippen MR) is 67.9 cm³/mol. The summed E-state index contributed by atoms with van der Waals surface area (Å²) >= 11 is 0. The van der Waals surface area contributed by atoms with Crippen LogP contribution in [0.5, 0.6) is 0 Å². The smallest absolute Gasteiger partial charge is 0.408 e. The van der Waals surface area contributed by atoms with Crippen LogP contribution in [0.15, 0.2) is 0 Å².